The number of nitriles is 1. The minimum atomic E-state index is -0.912. The van der Waals surface area contributed by atoms with Gasteiger partial charge in [-0.05, 0) is 38.5 Å². The smallest absolute Gasteiger partial charge is 0.138 e. The number of aromatic nitrogens is 2. The highest BCUT2D eigenvalue weighted by Gasteiger charge is 2.18. The van der Waals surface area contributed by atoms with E-state index >= 15 is 0 Å². The molecule has 0 spiro atoms. The van der Waals surface area contributed by atoms with Crippen LogP contribution in [0.2, 0.25) is 0 Å². The Balaban J connectivity index is 0.00000208. The third-order valence-corrected chi connectivity index (χ3v) is 3.71. The molecule has 3 heterocycles. The third kappa shape index (κ3) is 3.88. The van der Waals surface area contributed by atoms with Crippen molar-refractivity contribution in [2.45, 2.75) is 25.9 Å². The van der Waals surface area contributed by atoms with Crippen LogP contribution >= 0.6 is 12.4 Å². The zero-order valence-corrected chi connectivity index (χ0v) is 14.6. The molecule has 24 heavy (non-hydrogen) atoms. The predicted molar refractivity (Wildman–Crippen MR) is 94.4 cm³/mol. The van der Waals surface area contributed by atoms with Crippen LogP contribution in [0.15, 0.2) is 24.5 Å². The van der Waals surface area contributed by atoms with Gasteiger partial charge in [0.25, 0.3) is 0 Å². The van der Waals surface area contributed by atoms with Crippen molar-refractivity contribution in [2.24, 2.45) is 0 Å². The molecule has 128 valence electrons. The zero-order chi connectivity index (χ0) is 16.4. The molecular formula is C17H21ClN4O2. The Morgan fingerprint density at radius 2 is 2.29 bits per heavy atom. The van der Waals surface area contributed by atoms with Crippen molar-refractivity contribution in [2.75, 3.05) is 19.7 Å². The Labute approximate surface area is 147 Å². The summed E-state index contributed by atoms with van der Waals surface area (Å²) in [6, 6.07) is 4.13. The molecule has 1 aliphatic rings. The number of ether oxygens (including phenoxy) is 1. The minimum Gasteiger partial charge on any atom is -0.489 e. The molecule has 2 N–H and O–H groups in total. The Morgan fingerprint density at radius 3 is 2.92 bits per heavy atom. The highest BCUT2D eigenvalue weighted by molar-refractivity contribution is 5.85. The van der Waals surface area contributed by atoms with Crippen LogP contribution in [0.5, 0.6) is 5.75 Å². The Morgan fingerprint density at radius 1 is 1.50 bits per heavy atom. The monoisotopic (exact) mass is 348 g/mol. The van der Waals surface area contributed by atoms with Gasteiger partial charge < -0.3 is 15.2 Å². The molecule has 0 aliphatic carbocycles. The molecule has 0 amide bonds. The number of nitrogens with one attached hydrogen (secondary N) is 1. The van der Waals surface area contributed by atoms with Crippen LogP contribution in [0.4, 0.5) is 0 Å². The Kier molecular flexibility index (Phi) is 5.50. The van der Waals surface area contributed by atoms with E-state index in [9.17, 15) is 10.4 Å². The van der Waals surface area contributed by atoms with Gasteiger partial charge in [0.15, 0.2) is 0 Å². The molecule has 0 aromatic carbocycles. The summed E-state index contributed by atoms with van der Waals surface area (Å²) in [5.41, 5.74) is 2.59. The van der Waals surface area contributed by atoms with E-state index in [-0.39, 0.29) is 19.0 Å². The van der Waals surface area contributed by atoms with Gasteiger partial charge in [0.1, 0.15) is 18.4 Å². The standard InChI is InChI=1S/C17H20N4O2.ClH/c1-17(2,22)11-23-14-7-15(12-3-5-19-6-4-12)16-13(8-18)9-20-21(16)10-14;/h3,7,9-10,19,22H,4-6,11H2,1-2H3;1H. The molecule has 0 fully saturated rings. The summed E-state index contributed by atoms with van der Waals surface area (Å²) in [6.45, 7) is 5.30. The first kappa shape index (κ1) is 18.3. The van der Waals surface area contributed by atoms with E-state index in [1.807, 2.05) is 6.07 Å². The van der Waals surface area contributed by atoms with Gasteiger partial charge in [-0.25, -0.2) is 4.52 Å². The number of aliphatic hydroxyl groups is 1. The number of halogens is 1. The molecule has 0 radical (unpaired) electrons. The highest BCUT2D eigenvalue weighted by Crippen LogP contribution is 2.30. The maximum atomic E-state index is 9.84. The van der Waals surface area contributed by atoms with Crippen LogP contribution in [0.25, 0.3) is 11.1 Å². The average molecular weight is 349 g/mol. The van der Waals surface area contributed by atoms with Crippen molar-refractivity contribution in [1.29, 1.82) is 5.26 Å². The molecule has 0 unspecified atom stereocenters. The largest absolute Gasteiger partial charge is 0.489 e. The number of hydrogen-bond donors (Lipinski definition) is 2. The van der Waals surface area contributed by atoms with Gasteiger partial charge in [-0.2, -0.15) is 10.4 Å². The number of rotatable bonds is 4. The van der Waals surface area contributed by atoms with E-state index in [4.69, 9.17) is 4.74 Å². The molecule has 3 rings (SSSR count). The summed E-state index contributed by atoms with van der Waals surface area (Å²) in [4.78, 5) is 0. The fourth-order valence-corrected chi connectivity index (χ4v) is 2.63. The van der Waals surface area contributed by atoms with Gasteiger partial charge in [0.05, 0.1) is 29.1 Å². The summed E-state index contributed by atoms with van der Waals surface area (Å²) in [6.07, 6.45) is 6.33. The highest BCUT2D eigenvalue weighted by atomic mass is 35.5. The first-order chi connectivity index (χ1) is 11.0. The molecule has 0 saturated carbocycles. The average Bonchev–Trinajstić information content (AvgIpc) is 2.95. The lowest BCUT2D eigenvalue weighted by Crippen LogP contribution is -2.28. The number of fused-ring (bicyclic) bond motifs is 1. The molecule has 2 aromatic rings. The lowest BCUT2D eigenvalue weighted by atomic mass is 9.98. The van der Waals surface area contributed by atoms with Gasteiger partial charge >= 0.3 is 0 Å². The van der Waals surface area contributed by atoms with Crippen LogP contribution in [-0.2, 0) is 0 Å². The van der Waals surface area contributed by atoms with Crippen molar-refractivity contribution < 1.29 is 9.84 Å². The van der Waals surface area contributed by atoms with Crippen molar-refractivity contribution >= 4 is 23.5 Å². The van der Waals surface area contributed by atoms with Crippen molar-refractivity contribution in [1.82, 2.24) is 14.9 Å². The second-order valence-electron chi connectivity index (χ2n) is 6.34. The summed E-state index contributed by atoms with van der Waals surface area (Å²) in [5, 5.41) is 26.7. The van der Waals surface area contributed by atoms with E-state index < -0.39 is 5.60 Å². The normalized spacial score (nSPS) is 14.7. The lowest BCUT2D eigenvalue weighted by Gasteiger charge is -2.20. The van der Waals surface area contributed by atoms with Crippen LogP contribution in [0.3, 0.4) is 0 Å². The third-order valence-electron chi connectivity index (χ3n) is 3.71. The van der Waals surface area contributed by atoms with Gasteiger partial charge in [-0.1, -0.05) is 6.08 Å². The molecular weight excluding hydrogens is 328 g/mol. The van der Waals surface area contributed by atoms with Crippen LogP contribution in [-0.4, -0.2) is 40.0 Å². The number of hydrogen-bond acceptors (Lipinski definition) is 5. The van der Waals surface area contributed by atoms with Crippen LogP contribution in [0, 0.1) is 11.3 Å². The predicted octanol–water partition coefficient (Wildman–Crippen LogP) is 2.15. The van der Waals surface area contributed by atoms with E-state index in [0.717, 1.165) is 30.6 Å². The fraction of sp³-hybridized carbons (Fsp3) is 0.412. The van der Waals surface area contributed by atoms with Gasteiger partial charge in [-0.3, -0.25) is 0 Å². The van der Waals surface area contributed by atoms with E-state index in [1.165, 1.54) is 5.57 Å². The van der Waals surface area contributed by atoms with Crippen molar-refractivity contribution in [3.05, 3.63) is 35.7 Å². The summed E-state index contributed by atoms with van der Waals surface area (Å²) in [5.74, 6) is 0.627. The van der Waals surface area contributed by atoms with Crippen molar-refractivity contribution in [3.8, 4) is 11.8 Å². The maximum absolute atomic E-state index is 9.84. The second-order valence-corrected chi connectivity index (χ2v) is 6.34. The lowest BCUT2D eigenvalue weighted by molar-refractivity contribution is 0.0283. The van der Waals surface area contributed by atoms with Gasteiger partial charge in [0.2, 0.25) is 0 Å². The van der Waals surface area contributed by atoms with E-state index in [1.54, 1.807) is 30.8 Å². The van der Waals surface area contributed by atoms with E-state index in [2.05, 4.69) is 22.6 Å². The zero-order valence-electron chi connectivity index (χ0n) is 13.7. The molecule has 1 aliphatic heterocycles. The van der Waals surface area contributed by atoms with Gasteiger partial charge in [0, 0.05) is 12.1 Å². The summed E-state index contributed by atoms with van der Waals surface area (Å²) >= 11 is 0. The minimum absolute atomic E-state index is 0. The second kappa shape index (κ2) is 7.22. The summed E-state index contributed by atoms with van der Waals surface area (Å²) in [7, 11) is 0. The molecule has 2 aromatic heterocycles. The van der Waals surface area contributed by atoms with Crippen molar-refractivity contribution in [3.63, 3.8) is 0 Å². The summed E-state index contributed by atoms with van der Waals surface area (Å²) < 4.78 is 7.39. The van der Waals surface area contributed by atoms with Crippen LogP contribution in [0.1, 0.15) is 31.4 Å². The topological polar surface area (TPSA) is 82.6 Å². The number of pyridine rings is 1. The van der Waals surface area contributed by atoms with Crippen LogP contribution < -0.4 is 10.1 Å². The molecule has 0 atom stereocenters. The first-order valence-corrected chi connectivity index (χ1v) is 7.65. The Bertz CT molecular complexity index is 799. The first-order valence-electron chi connectivity index (χ1n) is 7.65. The quantitative estimate of drug-likeness (QED) is 0.884. The Hall–Kier alpha value is -2.07. The maximum Gasteiger partial charge on any atom is 0.138 e. The molecule has 6 nitrogen and oxygen atoms in total. The molecule has 0 saturated heterocycles. The molecule has 7 heteroatoms. The van der Waals surface area contributed by atoms with Gasteiger partial charge in [-0.15, -0.1) is 12.4 Å². The fourth-order valence-electron chi connectivity index (χ4n) is 2.63. The molecule has 0 bridgehead atoms. The van der Waals surface area contributed by atoms with E-state index in [0.29, 0.717) is 11.3 Å². The SMILES string of the molecule is CC(C)(O)COc1cc(C2=CCNCC2)c2c(C#N)cnn2c1.Cl. The number of nitrogens with zero attached hydrogens (tertiary/aromatic N) is 3.